The normalized spacial score (nSPS) is 15.6. The summed E-state index contributed by atoms with van der Waals surface area (Å²) in [6, 6.07) is 4.03. The molecule has 0 amide bonds. The Bertz CT molecular complexity index is 652. The topological polar surface area (TPSA) is 57.8 Å². The molecule has 2 aromatic heterocycles. The summed E-state index contributed by atoms with van der Waals surface area (Å²) in [5, 5.41) is 9.10. The second-order valence-electron chi connectivity index (χ2n) is 5.31. The van der Waals surface area contributed by atoms with Gasteiger partial charge in [0.25, 0.3) is 0 Å². The average molecular weight is 257 g/mol. The van der Waals surface area contributed by atoms with Gasteiger partial charge >= 0.3 is 0 Å². The number of hydrogen-bond acceptors (Lipinski definition) is 4. The van der Waals surface area contributed by atoms with Gasteiger partial charge in [-0.1, -0.05) is 0 Å². The lowest BCUT2D eigenvalue weighted by Gasteiger charge is -2.20. The molecule has 100 valence electrons. The zero-order valence-corrected chi connectivity index (χ0v) is 11.4. The number of nitrogens with one attached hydrogen (secondary N) is 1. The lowest BCUT2D eigenvalue weighted by molar-refractivity contribution is 0.582. The minimum Gasteiger partial charge on any atom is -0.356 e. The Morgan fingerprint density at radius 1 is 1.16 bits per heavy atom. The van der Waals surface area contributed by atoms with Crippen LogP contribution < -0.4 is 10.4 Å². The van der Waals surface area contributed by atoms with Crippen LogP contribution in [0.5, 0.6) is 0 Å². The molecule has 1 saturated heterocycles. The quantitative estimate of drug-likeness (QED) is 0.896. The first-order valence-corrected chi connectivity index (χ1v) is 6.84. The number of pyridine rings is 1. The summed E-state index contributed by atoms with van der Waals surface area (Å²) in [5.41, 5.74) is 1.35. The van der Waals surface area contributed by atoms with E-state index in [1.807, 2.05) is 16.7 Å². The van der Waals surface area contributed by atoms with Crippen LogP contribution in [0.1, 0.15) is 32.7 Å². The van der Waals surface area contributed by atoms with Gasteiger partial charge in [0.15, 0.2) is 0 Å². The molecule has 0 aliphatic carbocycles. The Hall–Kier alpha value is -1.91. The van der Waals surface area contributed by atoms with E-state index in [1.54, 1.807) is 6.33 Å². The van der Waals surface area contributed by atoms with E-state index in [1.165, 1.54) is 12.8 Å². The van der Waals surface area contributed by atoms with Crippen molar-refractivity contribution in [3.05, 3.63) is 23.9 Å². The standard InChI is InChI=1S/C14H19N5/c1-10(2)19-12(15)6-5-11-13(16-9-17-14(11)19)18-7-3-4-8-18/h5-6,9-10,15H,3-4,7-8H2,1-2H3. The van der Waals surface area contributed by atoms with Gasteiger partial charge < -0.3 is 9.47 Å². The smallest absolute Gasteiger partial charge is 0.147 e. The van der Waals surface area contributed by atoms with Gasteiger partial charge in [-0.15, -0.1) is 0 Å². The summed E-state index contributed by atoms with van der Waals surface area (Å²) in [6.07, 6.45) is 4.08. The predicted octanol–water partition coefficient (Wildman–Crippen LogP) is 2.09. The maximum atomic E-state index is 8.05. The number of aromatic nitrogens is 3. The second-order valence-corrected chi connectivity index (χ2v) is 5.31. The number of hydrogen-bond donors (Lipinski definition) is 1. The van der Waals surface area contributed by atoms with E-state index in [2.05, 4.69) is 28.7 Å². The second kappa shape index (κ2) is 4.64. The van der Waals surface area contributed by atoms with Crippen molar-refractivity contribution < 1.29 is 0 Å². The monoisotopic (exact) mass is 257 g/mol. The molecule has 0 radical (unpaired) electrons. The van der Waals surface area contributed by atoms with Crippen molar-refractivity contribution >= 4 is 16.9 Å². The molecule has 0 unspecified atom stereocenters. The average Bonchev–Trinajstić information content (AvgIpc) is 2.90. The minimum atomic E-state index is 0.220. The maximum absolute atomic E-state index is 8.05. The van der Waals surface area contributed by atoms with E-state index in [0.29, 0.717) is 5.49 Å². The van der Waals surface area contributed by atoms with E-state index in [-0.39, 0.29) is 6.04 Å². The molecule has 1 aliphatic rings. The van der Waals surface area contributed by atoms with E-state index in [9.17, 15) is 0 Å². The minimum absolute atomic E-state index is 0.220. The summed E-state index contributed by atoms with van der Waals surface area (Å²) in [7, 11) is 0. The van der Waals surface area contributed by atoms with Gasteiger partial charge in [-0.25, -0.2) is 9.97 Å². The Morgan fingerprint density at radius 3 is 2.58 bits per heavy atom. The molecule has 0 bridgehead atoms. The van der Waals surface area contributed by atoms with Crippen LogP contribution in [0.25, 0.3) is 11.0 Å². The highest BCUT2D eigenvalue weighted by Crippen LogP contribution is 2.25. The molecule has 0 saturated carbocycles. The van der Waals surface area contributed by atoms with Gasteiger partial charge in [0, 0.05) is 19.1 Å². The van der Waals surface area contributed by atoms with Crippen LogP contribution in [-0.2, 0) is 0 Å². The van der Waals surface area contributed by atoms with Crippen LogP contribution in [-0.4, -0.2) is 27.6 Å². The Kier molecular flexibility index (Phi) is 2.97. The van der Waals surface area contributed by atoms with Crippen LogP contribution in [0.3, 0.4) is 0 Å². The van der Waals surface area contributed by atoms with E-state index in [0.717, 1.165) is 29.9 Å². The summed E-state index contributed by atoms with van der Waals surface area (Å²) in [5.74, 6) is 1.01. The highest BCUT2D eigenvalue weighted by atomic mass is 15.2. The third kappa shape index (κ3) is 1.99. The van der Waals surface area contributed by atoms with Gasteiger partial charge in [-0.3, -0.25) is 5.41 Å². The van der Waals surface area contributed by atoms with Crippen molar-refractivity contribution in [1.29, 1.82) is 5.41 Å². The first-order chi connectivity index (χ1) is 9.18. The van der Waals surface area contributed by atoms with E-state index in [4.69, 9.17) is 5.41 Å². The van der Waals surface area contributed by atoms with E-state index < -0.39 is 0 Å². The molecule has 3 rings (SSSR count). The summed E-state index contributed by atoms with van der Waals surface area (Å²) >= 11 is 0. The van der Waals surface area contributed by atoms with E-state index >= 15 is 0 Å². The Morgan fingerprint density at radius 2 is 1.89 bits per heavy atom. The highest BCUT2D eigenvalue weighted by molar-refractivity contribution is 5.87. The number of anilines is 1. The summed E-state index contributed by atoms with van der Waals surface area (Å²) in [6.45, 7) is 6.29. The lowest BCUT2D eigenvalue weighted by Crippen LogP contribution is -2.24. The van der Waals surface area contributed by atoms with Gasteiger partial charge in [0.05, 0.1) is 5.39 Å². The molecule has 5 nitrogen and oxygen atoms in total. The van der Waals surface area contributed by atoms with Gasteiger partial charge in [0.1, 0.15) is 23.3 Å². The largest absolute Gasteiger partial charge is 0.356 e. The molecule has 1 N–H and O–H groups in total. The van der Waals surface area contributed by atoms with Crippen molar-refractivity contribution in [3.8, 4) is 0 Å². The molecule has 5 heteroatoms. The third-order valence-corrected chi connectivity index (χ3v) is 3.66. The zero-order valence-electron chi connectivity index (χ0n) is 11.4. The fourth-order valence-corrected chi connectivity index (χ4v) is 2.78. The Balaban J connectivity index is 2.26. The fourth-order valence-electron chi connectivity index (χ4n) is 2.78. The van der Waals surface area contributed by atoms with Crippen LogP contribution in [0, 0.1) is 5.41 Å². The molecule has 3 heterocycles. The summed E-state index contributed by atoms with van der Waals surface area (Å²) in [4.78, 5) is 11.2. The molecule has 1 aliphatic heterocycles. The fraction of sp³-hybridized carbons (Fsp3) is 0.500. The third-order valence-electron chi connectivity index (χ3n) is 3.66. The van der Waals surface area contributed by atoms with Crippen molar-refractivity contribution in [2.24, 2.45) is 0 Å². The first-order valence-electron chi connectivity index (χ1n) is 6.84. The van der Waals surface area contributed by atoms with Crippen molar-refractivity contribution in [2.45, 2.75) is 32.7 Å². The molecule has 1 fully saturated rings. The van der Waals surface area contributed by atoms with Gasteiger partial charge in [0.2, 0.25) is 0 Å². The first kappa shape index (κ1) is 12.1. The summed E-state index contributed by atoms with van der Waals surface area (Å²) < 4.78 is 1.95. The molecule has 0 spiro atoms. The molecule has 19 heavy (non-hydrogen) atoms. The van der Waals surface area contributed by atoms with Crippen LogP contribution in [0.4, 0.5) is 5.82 Å². The van der Waals surface area contributed by atoms with Crippen LogP contribution >= 0.6 is 0 Å². The van der Waals surface area contributed by atoms with Crippen molar-refractivity contribution in [3.63, 3.8) is 0 Å². The SMILES string of the molecule is CC(C)n1c(=N)ccc2c(N3CCCC3)ncnc21. The van der Waals surface area contributed by atoms with Gasteiger partial charge in [-0.2, -0.15) is 0 Å². The van der Waals surface area contributed by atoms with Gasteiger partial charge in [-0.05, 0) is 38.8 Å². The zero-order chi connectivity index (χ0) is 13.4. The number of fused-ring (bicyclic) bond motifs is 1. The number of nitrogens with zero attached hydrogens (tertiary/aromatic N) is 4. The molecular weight excluding hydrogens is 238 g/mol. The number of rotatable bonds is 2. The maximum Gasteiger partial charge on any atom is 0.147 e. The lowest BCUT2D eigenvalue weighted by atomic mass is 10.2. The molecular formula is C14H19N5. The van der Waals surface area contributed by atoms with Crippen LogP contribution in [0.15, 0.2) is 18.5 Å². The molecule has 0 atom stereocenters. The molecule has 0 aromatic carbocycles. The predicted molar refractivity (Wildman–Crippen MR) is 75.2 cm³/mol. The highest BCUT2D eigenvalue weighted by Gasteiger charge is 2.18. The Labute approximate surface area is 112 Å². The van der Waals surface area contributed by atoms with Crippen LogP contribution in [0.2, 0.25) is 0 Å². The van der Waals surface area contributed by atoms with Crippen molar-refractivity contribution in [2.75, 3.05) is 18.0 Å². The van der Waals surface area contributed by atoms with Crippen molar-refractivity contribution in [1.82, 2.24) is 14.5 Å². The molecule has 2 aromatic rings.